The van der Waals surface area contributed by atoms with Crippen LogP contribution in [0.25, 0.3) is 0 Å². The van der Waals surface area contributed by atoms with E-state index in [0.717, 1.165) is 19.3 Å². The molecule has 0 aliphatic heterocycles. The third kappa shape index (κ3) is 1.54. The number of rotatable bonds is 3. The molecule has 0 fully saturated rings. The fourth-order valence-corrected chi connectivity index (χ4v) is 1.99. The van der Waals surface area contributed by atoms with Crippen LogP contribution in [-0.4, -0.2) is 16.8 Å². The molecule has 0 aromatic heterocycles. The SMILES string of the molecule is OCCCC1Cc2ccc(O)cc21. The second kappa shape index (κ2) is 3.38. The lowest BCUT2D eigenvalue weighted by Gasteiger charge is -2.30. The molecule has 1 aromatic carbocycles. The van der Waals surface area contributed by atoms with Gasteiger partial charge in [0.2, 0.25) is 0 Å². The predicted octanol–water partition coefficient (Wildman–Crippen LogP) is 1.80. The fourth-order valence-electron chi connectivity index (χ4n) is 1.99. The molecule has 1 aromatic rings. The number of phenols is 1. The van der Waals surface area contributed by atoms with Crippen LogP contribution in [0.5, 0.6) is 5.75 Å². The second-order valence-electron chi connectivity index (χ2n) is 3.65. The van der Waals surface area contributed by atoms with Crippen molar-refractivity contribution in [3.63, 3.8) is 0 Å². The lowest BCUT2D eigenvalue weighted by atomic mass is 9.75. The molecular formula is C11H14O2. The van der Waals surface area contributed by atoms with Crippen LogP contribution in [0.3, 0.4) is 0 Å². The van der Waals surface area contributed by atoms with Gasteiger partial charge in [-0.05, 0) is 48.4 Å². The summed E-state index contributed by atoms with van der Waals surface area (Å²) in [5.74, 6) is 0.918. The number of aromatic hydroxyl groups is 1. The van der Waals surface area contributed by atoms with Gasteiger partial charge in [-0.25, -0.2) is 0 Å². The van der Waals surface area contributed by atoms with Gasteiger partial charge in [0, 0.05) is 6.61 Å². The Kier molecular flexibility index (Phi) is 2.23. The summed E-state index contributed by atoms with van der Waals surface area (Å²) in [6.45, 7) is 0.269. The maximum absolute atomic E-state index is 9.27. The summed E-state index contributed by atoms with van der Waals surface area (Å²) in [5, 5.41) is 18.0. The summed E-state index contributed by atoms with van der Waals surface area (Å²) >= 11 is 0. The lowest BCUT2D eigenvalue weighted by Crippen LogP contribution is -2.17. The molecule has 2 rings (SSSR count). The molecule has 0 bridgehead atoms. The number of phenolic OH excluding ortho intramolecular Hbond substituents is 1. The van der Waals surface area contributed by atoms with E-state index in [-0.39, 0.29) is 6.61 Å². The Labute approximate surface area is 77.8 Å². The van der Waals surface area contributed by atoms with Gasteiger partial charge in [-0.3, -0.25) is 0 Å². The molecule has 0 spiro atoms. The van der Waals surface area contributed by atoms with E-state index in [1.807, 2.05) is 12.1 Å². The zero-order valence-electron chi connectivity index (χ0n) is 7.53. The minimum atomic E-state index is 0.269. The Morgan fingerprint density at radius 1 is 1.38 bits per heavy atom. The van der Waals surface area contributed by atoms with Crippen LogP contribution >= 0.6 is 0 Å². The highest BCUT2D eigenvalue weighted by atomic mass is 16.3. The molecule has 0 radical (unpaired) electrons. The molecule has 0 amide bonds. The van der Waals surface area contributed by atoms with Crippen molar-refractivity contribution < 1.29 is 10.2 Å². The summed E-state index contributed by atoms with van der Waals surface area (Å²) in [5.41, 5.74) is 2.62. The van der Waals surface area contributed by atoms with E-state index in [1.54, 1.807) is 6.07 Å². The van der Waals surface area contributed by atoms with Crippen LogP contribution in [-0.2, 0) is 6.42 Å². The first-order valence-electron chi connectivity index (χ1n) is 4.74. The second-order valence-corrected chi connectivity index (χ2v) is 3.65. The zero-order valence-corrected chi connectivity index (χ0v) is 7.53. The fraction of sp³-hybridized carbons (Fsp3) is 0.455. The highest BCUT2D eigenvalue weighted by Crippen LogP contribution is 2.39. The number of benzene rings is 1. The average Bonchev–Trinajstić information content (AvgIpc) is 2.11. The van der Waals surface area contributed by atoms with E-state index in [9.17, 15) is 5.11 Å². The molecule has 2 N–H and O–H groups in total. The molecule has 0 saturated carbocycles. The molecule has 1 atom stereocenters. The normalized spacial score (nSPS) is 19.3. The molecule has 1 aliphatic rings. The van der Waals surface area contributed by atoms with Gasteiger partial charge in [0.15, 0.2) is 0 Å². The van der Waals surface area contributed by atoms with Crippen LogP contribution in [0, 0.1) is 0 Å². The number of fused-ring (bicyclic) bond motifs is 1. The molecule has 1 unspecified atom stereocenters. The first kappa shape index (κ1) is 8.57. The van der Waals surface area contributed by atoms with Crippen molar-refractivity contribution in [2.45, 2.75) is 25.2 Å². The Morgan fingerprint density at radius 3 is 3.00 bits per heavy atom. The first-order valence-corrected chi connectivity index (χ1v) is 4.74. The van der Waals surface area contributed by atoms with E-state index in [0.29, 0.717) is 11.7 Å². The van der Waals surface area contributed by atoms with Gasteiger partial charge in [0.25, 0.3) is 0 Å². The van der Waals surface area contributed by atoms with E-state index in [4.69, 9.17) is 5.11 Å². The predicted molar refractivity (Wildman–Crippen MR) is 50.9 cm³/mol. The highest BCUT2D eigenvalue weighted by molar-refractivity contribution is 5.44. The maximum atomic E-state index is 9.27. The number of aliphatic hydroxyl groups is 1. The van der Waals surface area contributed by atoms with Crippen molar-refractivity contribution in [3.8, 4) is 5.75 Å². The van der Waals surface area contributed by atoms with Crippen LogP contribution < -0.4 is 0 Å². The van der Waals surface area contributed by atoms with Crippen LogP contribution in [0.15, 0.2) is 18.2 Å². The summed E-state index contributed by atoms with van der Waals surface area (Å²) in [6, 6.07) is 5.57. The Balaban J connectivity index is 2.07. The van der Waals surface area contributed by atoms with Crippen LogP contribution in [0.2, 0.25) is 0 Å². The Bertz CT molecular complexity index is 307. The largest absolute Gasteiger partial charge is 0.508 e. The van der Waals surface area contributed by atoms with Gasteiger partial charge >= 0.3 is 0 Å². The Morgan fingerprint density at radius 2 is 2.23 bits per heavy atom. The van der Waals surface area contributed by atoms with E-state index in [1.165, 1.54) is 11.1 Å². The van der Waals surface area contributed by atoms with Crippen LogP contribution in [0.4, 0.5) is 0 Å². The first-order chi connectivity index (χ1) is 6.31. The van der Waals surface area contributed by atoms with Crippen molar-refractivity contribution in [2.24, 2.45) is 0 Å². The van der Waals surface area contributed by atoms with Gasteiger partial charge in [-0.15, -0.1) is 0 Å². The summed E-state index contributed by atoms with van der Waals surface area (Å²) < 4.78 is 0. The Hall–Kier alpha value is -1.02. The number of aliphatic hydroxyl groups excluding tert-OH is 1. The van der Waals surface area contributed by atoms with Crippen molar-refractivity contribution >= 4 is 0 Å². The van der Waals surface area contributed by atoms with Gasteiger partial charge < -0.3 is 10.2 Å². The molecular weight excluding hydrogens is 164 g/mol. The molecule has 2 nitrogen and oxygen atoms in total. The van der Waals surface area contributed by atoms with Crippen molar-refractivity contribution in [1.29, 1.82) is 0 Å². The quantitative estimate of drug-likeness (QED) is 0.741. The van der Waals surface area contributed by atoms with E-state index < -0.39 is 0 Å². The van der Waals surface area contributed by atoms with Gasteiger partial charge in [-0.2, -0.15) is 0 Å². The van der Waals surface area contributed by atoms with Crippen molar-refractivity contribution in [1.82, 2.24) is 0 Å². The number of hydrogen-bond acceptors (Lipinski definition) is 2. The van der Waals surface area contributed by atoms with E-state index in [2.05, 4.69) is 0 Å². The van der Waals surface area contributed by atoms with Crippen molar-refractivity contribution in [2.75, 3.05) is 6.61 Å². The van der Waals surface area contributed by atoms with E-state index >= 15 is 0 Å². The molecule has 0 heterocycles. The smallest absolute Gasteiger partial charge is 0.115 e. The third-order valence-corrected chi connectivity index (χ3v) is 2.75. The minimum Gasteiger partial charge on any atom is -0.508 e. The molecule has 0 saturated heterocycles. The molecule has 1 aliphatic carbocycles. The minimum absolute atomic E-state index is 0.269. The summed E-state index contributed by atoms with van der Waals surface area (Å²) in [7, 11) is 0. The third-order valence-electron chi connectivity index (χ3n) is 2.75. The summed E-state index contributed by atoms with van der Waals surface area (Å²) in [4.78, 5) is 0. The summed E-state index contributed by atoms with van der Waals surface area (Å²) in [6.07, 6.45) is 3.00. The van der Waals surface area contributed by atoms with Gasteiger partial charge in [-0.1, -0.05) is 6.07 Å². The van der Waals surface area contributed by atoms with Gasteiger partial charge in [0.05, 0.1) is 0 Å². The van der Waals surface area contributed by atoms with Crippen LogP contribution in [0.1, 0.15) is 29.9 Å². The average molecular weight is 178 g/mol. The monoisotopic (exact) mass is 178 g/mol. The standard InChI is InChI=1S/C11H14O2/c12-5-1-2-8-6-9-3-4-10(13)7-11(8)9/h3-4,7-8,12-13H,1-2,5-6H2. The highest BCUT2D eigenvalue weighted by Gasteiger charge is 2.25. The maximum Gasteiger partial charge on any atom is 0.115 e. The lowest BCUT2D eigenvalue weighted by molar-refractivity contribution is 0.277. The van der Waals surface area contributed by atoms with Crippen molar-refractivity contribution in [3.05, 3.63) is 29.3 Å². The zero-order chi connectivity index (χ0) is 9.26. The molecule has 70 valence electrons. The molecule has 2 heteroatoms. The number of hydrogen-bond donors (Lipinski definition) is 2. The topological polar surface area (TPSA) is 40.5 Å². The molecule has 13 heavy (non-hydrogen) atoms. The van der Waals surface area contributed by atoms with Gasteiger partial charge in [0.1, 0.15) is 5.75 Å².